The molecular formula is C21H22BrClN4O2S. The third-order valence-corrected chi connectivity index (χ3v) is 6.56. The fourth-order valence-electron chi connectivity index (χ4n) is 2.90. The van der Waals surface area contributed by atoms with Crippen molar-refractivity contribution in [3.63, 3.8) is 0 Å². The summed E-state index contributed by atoms with van der Waals surface area (Å²) in [5, 5.41) is 12.7. The molecule has 3 aromatic rings. The van der Waals surface area contributed by atoms with Gasteiger partial charge in [-0.15, -0.1) is 10.2 Å². The van der Waals surface area contributed by atoms with Crippen LogP contribution in [0.2, 0.25) is 5.02 Å². The molecule has 1 N–H and O–H groups in total. The number of anilines is 1. The highest BCUT2D eigenvalue weighted by Gasteiger charge is 2.18. The molecule has 0 aliphatic heterocycles. The van der Waals surface area contributed by atoms with Gasteiger partial charge in [-0.2, -0.15) is 0 Å². The van der Waals surface area contributed by atoms with E-state index in [-0.39, 0.29) is 17.8 Å². The number of nitrogens with zero attached hydrogens (tertiary/aromatic N) is 3. The third kappa shape index (κ3) is 5.56. The summed E-state index contributed by atoms with van der Waals surface area (Å²) in [6.07, 6.45) is -0.312. The van der Waals surface area contributed by atoms with E-state index in [0.29, 0.717) is 11.0 Å². The van der Waals surface area contributed by atoms with Crippen molar-refractivity contribution < 1.29 is 9.53 Å². The van der Waals surface area contributed by atoms with Gasteiger partial charge in [-0.05, 0) is 68.3 Å². The monoisotopic (exact) mass is 508 g/mol. The lowest BCUT2D eigenvalue weighted by molar-refractivity contribution is -0.113. The highest BCUT2D eigenvalue weighted by atomic mass is 79.9. The van der Waals surface area contributed by atoms with Gasteiger partial charge in [-0.1, -0.05) is 39.3 Å². The summed E-state index contributed by atoms with van der Waals surface area (Å²) in [6.45, 7) is 5.81. The third-order valence-electron chi connectivity index (χ3n) is 4.42. The smallest absolute Gasteiger partial charge is 0.234 e. The van der Waals surface area contributed by atoms with Gasteiger partial charge in [0.15, 0.2) is 17.1 Å². The second-order valence-corrected chi connectivity index (χ2v) is 9.11. The normalized spacial score (nSPS) is 11.9. The minimum Gasteiger partial charge on any atom is -0.483 e. The molecule has 1 heterocycles. The van der Waals surface area contributed by atoms with Crippen LogP contribution in [0, 0.1) is 13.8 Å². The molecule has 0 fully saturated rings. The number of hydrogen-bond donors (Lipinski definition) is 1. The first-order valence-electron chi connectivity index (χ1n) is 9.25. The summed E-state index contributed by atoms with van der Waals surface area (Å²) in [4.78, 5) is 12.2. The van der Waals surface area contributed by atoms with Crippen molar-refractivity contribution >= 4 is 50.9 Å². The molecule has 1 amide bonds. The van der Waals surface area contributed by atoms with Gasteiger partial charge in [0.2, 0.25) is 5.91 Å². The Morgan fingerprint density at radius 1 is 1.23 bits per heavy atom. The summed E-state index contributed by atoms with van der Waals surface area (Å²) < 4.78 is 8.86. The maximum absolute atomic E-state index is 12.2. The zero-order valence-corrected chi connectivity index (χ0v) is 20.2. The quantitative estimate of drug-likeness (QED) is 0.413. The number of aryl methyl sites for hydroxylation is 2. The Balaban J connectivity index is 1.61. The highest BCUT2D eigenvalue weighted by Crippen LogP contribution is 2.29. The van der Waals surface area contributed by atoms with Crippen LogP contribution in [-0.4, -0.2) is 26.4 Å². The number of ether oxygens (including phenoxy) is 1. The van der Waals surface area contributed by atoms with E-state index in [4.69, 9.17) is 16.3 Å². The zero-order valence-electron chi connectivity index (χ0n) is 17.1. The lowest BCUT2D eigenvalue weighted by atomic mass is 10.1. The second-order valence-electron chi connectivity index (χ2n) is 6.87. The Hall–Kier alpha value is -2.03. The number of hydrogen-bond acceptors (Lipinski definition) is 5. The van der Waals surface area contributed by atoms with E-state index >= 15 is 0 Å². The number of carbonyl (C=O) groups is 1. The van der Waals surface area contributed by atoms with Crippen LogP contribution in [0.1, 0.15) is 30.0 Å². The Morgan fingerprint density at radius 2 is 1.87 bits per heavy atom. The van der Waals surface area contributed by atoms with Crippen molar-refractivity contribution in [2.45, 2.75) is 32.0 Å². The molecule has 158 valence electrons. The first kappa shape index (κ1) is 22.7. The van der Waals surface area contributed by atoms with E-state index in [9.17, 15) is 4.79 Å². The van der Waals surface area contributed by atoms with Crippen LogP contribution in [0.25, 0.3) is 0 Å². The Kier molecular flexibility index (Phi) is 7.44. The summed E-state index contributed by atoms with van der Waals surface area (Å²) >= 11 is 10.9. The van der Waals surface area contributed by atoms with Crippen molar-refractivity contribution in [3.8, 4) is 5.75 Å². The van der Waals surface area contributed by atoms with Crippen LogP contribution in [0.5, 0.6) is 5.75 Å². The van der Waals surface area contributed by atoms with Crippen LogP contribution < -0.4 is 10.1 Å². The van der Waals surface area contributed by atoms with Crippen LogP contribution >= 0.6 is 39.3 Å². The Bertz CT molecular complexity index is 1030. The fourth-order valence-corrected chi connectivity index (χ4v) is 3.99. The fraction of sp³-hybridized carbons (Fsp3) is 0.286. The molecule has 0 aliphatic carbocycles. The van der Waals surface area contributed by atoms with Crippen molar-refractivity contribution in [2.75, 3.05) is 11.1 Å². The summed E-state index contributed by atoms with van der Waals surface area (Å²) in [5.41, 5.74) is 2.67. The van der Waals surface area contributed by atoms with Gasteiger partial charge in [-0.25, -0.2) is 0 Å². The predicted octanol–water partition coefficient (Wildman–Crippen LogP) is 5.72. The predicted molar refractivity (Wildman–Crippen MR) is 124 cm³/mol. The van der Waals surface area contributed by atoms with Gasteiger partial charge in [0.05, 0.1) is 5.75 Å². The molecule has 0 aliphatic rings. The zero-order chi connectivity index (χ0) is 21.8. The average Bonchev–Trinajstić information content (AvgIpc) is 3.07. The van der Waals surface area contributed by atoms with E-state index in [1.807, 2.05) is 68.8 Å². The van der Waals surface area contributed by atoms with Gasteiger partial charge in [0, 0.05) is 22.2 Å². The van der Waals surface area contributed by atoms with Crippen LogP contribution in [0.3, 0.4) is 0 Å². The molecule has 2 aromatic carbocycles. The van der Waals surface area contributed by atoms with Crippen LogP contribution in [0.15, 0.2) is 46.0 Å². The first-order valence-corrected chi connectivity index (χ1v) is 11.4. The molecule has 1 atom stereocenters. The minimum absolute atomic E-state index is 0.108. The lowest BCUT2D eigenvalue weighted by Crippen LogP contribution is -2.14. The van der Waals surface area contributed by atoms with E-state index in [2.05, 4.69) is 31.4 Å². The number of aromatic nitrogens is 3. The van der Waals surface area contributed by atoms with Crippen molar-refractivity contribution in [1.29, 1.82) is 0 Å². The van der Waals surface area contributed by atoms with Crippen molar-refractivity contribution in [2.24, 2.45) is 7.05 Å². The Labute approximate surface area is 193 Å². The van der Waals surface area contributed by atoms with Gasteiger partial charge in [-0.3, -0.25) is 4.79 Å². The summed E-state index contributed by atoms with van der Waals surface area (Å²) in [7, 11) is 1.86. The summed E-state index contributed by atoms with van der Waals surface area (Å²) in [5.74, 6) is 1.53. The standard InChI is InChI=1S/C21H22BrClN4O2S/c1-12-9-17(10-13(2)19(12)23)29-14(3)20-25-26-21(27(20)4)30-11-18(28)24-16-7-5-15(22)6-8-16/h5-10,14H,11H2,1-4H3,(H,24,28). The maximum atomic E-state index is 12.2. The molecular weight excluding hydrogens is 488 g/mol. The van der Waals surface area contributed by atoms with Gasteiger partial charge in [0.25, 0.3) is 0 Å². The average molecular weight is 510 g/mol. The number of benzene rings is 2. The SMILES string of the molecule is Cc1cc(OC(C)c2nnc(SCC(=O)Nc3ccc(Br)cc3)n2C)cc(C)c1Cl. The first-order chi connectivity index (χ1) is 14.2. The van der Waals surface area contributed by atoms with E-state index in [0.717, 1.165) is 32.1 Å². The molecule has 1 unspecified atom stereocenters. The molecule has 3 rings (SSSR count). The molecule has 1 aromatic heterocycles. The summed E-state index contributed by atoms with van der Waals surface area (Å²) in [6, 6.07) is 11.2. The molecule has 0 saturated carbocycles. The highest BCUT2D eigenvalue weighted by molar-refractivity contribution is 9.10. The molecule has 0 spiro atoms. The number of carbonyl (C=O) groups excluding carboxylic acids is 1. The number of nitrogens with one attached hydrogen (secondary N) is 1. The van der Waals surface area contributed by atoms with E-state index in [1.54, 1.807) is 0 Å². The minimum atomic E-state index is -0.312. The molecule has 0 bridgehead atoms. The molecule has 6 nitrogen and oxygen atoms in total. The lowest BCUT2D eigenvalue weighted by Gasteiger charge is -2.16. The molecule has 9 heteroatoms. The van der Waals surface area contributed by atoms with E-state index in [1.165, 1.54) is 11.8 Å². The van der Waals surface area contributed by atoms with E-state index < -0.39 is 0 Å². The molecule has 0 radical (unpaired) electrons. The topological polar surface area (TPSA) is 69.0 Å². The van der Waals surface area contributed by atoms with Crippen LogP contribution in [-0.2, 0) is 11.8 Å². The van der Waals surface area contributed by atoms with Gasteiger partial charge < -0.3 is 14.6 Å². The van der Waals surface area contributed by atoms with Crippen LogP contribution in [0.4, 0.5) is 5.69 Å². The Morgan fingerprint density at radius 3 is 2.50 bits per heavy atom. The molecule has 30 heavy (non-hydrogen) atoms. The number of thioether (sulfide) groups is 1. The van der Waals surface area contributed by atoms with Gasteiger partial charge in [0.1, 0.15) is 5.75 Å². The van der Waals surface area contributed by atoms with Crippen molar-refractivity contribution in [1.82, 2.24) is 14.8 Å². The number of amides is 1. The maximum Gasteiger partial charge on any atom is 0.234 e. The van der Waals surface area contributed by atoms with Crippen molar-refractivity contribution in [3.05, 3.63) is 62.8 Å². The number of rotatable bonds is 7. The largest absolute Gasteiger partial charge is 0.483 e. The van der Waals surface area contributed by atoms with Gasteiger partial charge >= 0.3 is 0 Å². The molecule has 0 saturated heterocycles. The second kappa shape index (κ2) is 9.85. The number of halogens is 2.